The van der Waals surface area contributed by atoms with Crippen LogP contribution in [0.2, 0.25) is 5.02 Å². The molecular formula is C16H22ClN3S. The Labute approximate surface area is 136 Å². The third-order valence-corrected chi connectivity index (χ3v) is 4.83. The van der Waals surface area contributed by atoms with Crippen LogP contribution in [0.25, 0.3) is 0 Å². The topological polar surface area (TPSA) is 29.9 Å². The molecule has 0 fully saturated rings. The maximum atomic E-state index is 6.44. The summed E-state index contributed by atoms with van der Waals surface area (Å²) in [6, 6.07) is 8.65. The largest absolute Gasteiger partial charge is 0.316 e. The molecule has 1 heterocycles. The van der Waals surface area contributed by atoms with Gasteiger partial charge < -0.3 is 5.32 Å². The molecule has 0 aliphatic carbocycles. The molecule has 0 bridgehead atoms. The van der Waals surface area contributed by atoms with E-state index >= 15 is 0 Å². The highest BCUT2D eigenvalue weighted by atomic mass is 35.5. The second-order valence-electron chi connectivity index (χ2n) is 4.84. The summed E-state index contributed by atoms with van der Waals surface area (Å²) in [6.07, 6.45) is 0.877. The van der Waals surface area contributed by atoms with Crippen molar-refractivity contribution in [2.24, 2.45) is 0 Å². The van der Waals surface area contributed by atoms with Crippen molar-refractivity contribution in [3.8, 4) is 0 Å². The van der Waals surface area contributed by atoms with E-state index in [0.29, 0.717) is 0 Å². The van der Waals surface area contributed by atoms with Crippen LogP contribution in [0.15, 0.2) is 29.2 Å². The van der Waals surface area contributed by atoms with Crippen molar-refractivity contribution in [2.75, 3.05) is 7.05 Å². The molecule has 0 atom stereocenters. The van der Waals surface area contributed by atoms with E-state index in [1.807, 2.05) is 11.7 Å². The van der Waals surface area contributed by atoms with Crippen LogP contribution in [0.5, 0.6) is 0 Å². The fourth-order valence-corrected chi connectivity index (χ4v) is 3.55. The van der Waals surface area contributed by atoms with Gasteiger partial charge in [0.15, 0.2) is 0 Å². The smallest absolute Gasteiger partial charge is 0.0858 e. The minimum absolute atomic E-state index is 0.832. The minimum atomic E-state index is 0.832. The van der Waals surface area contributed by atoms with E-state index in [9.17, 15) is 0 Å². The van der Waals surface area contributed by atoms with Gasteiger partial charge >= 0.3 is 0 Å². The molecule has 2 rings (SSSR count). The molecule has 5 heteroatoms. The zero-order chi connectivity index (χ0) is 15.2. The molecule has 0 spiro atoms. The fraction of sp³-hybridized carbons (Fsp3) is 0.438. The Kier molecular flexibility index (Phi) is 6.15. The van der Waals surface area contributed by atoms with Crippen molar-refractivity contribution in [1.82, 2.24) is 15.1 Å². The van der Waals surface area contributed by atoms with Gasteiger partial charge in [-0.25, -0.2) is 0 Å². The van der Waals surface area contributed by atoms with Gasteiger partial charge in [-0.1, -0.05) is 30.7 Å². The summed E-state index contributed by atoms with van der Waals surface area (Å²) < 4.78 is 2.02. The Morgan fingerprint density at radius 3 is 2.52 bits per heavy atom. The van der Waals surface area contributed by atoms with Gasteiger partial charge in [0.25, 0.3) is 0 Å². The van der Waals surface area contributed by atoms with Crippen LogP contribution >= 0.6 is 23.4 Å². The minimum Gasteiger partial charge on any atom is -0.316 e. The summed E-state index contributed by atoms with van der Waals surface area (Å²) in [5.74, 6) is 0.852. The maximum Gasteiger partial charge on any atom is 0.0858 e. The zero-order valence-corrected chi connectivity index (χ0v) is 14.4. The van der Waals surface area contributed by atoms with Crippen LogP contribution < -0.4 is 5.32 Å². The normalized spacial score (nSPS) is 11.0. The highest BCUT2D eigenvalue weighted by molar-refractivity contribution is 7.98. The van der Waals surface area contributed by atoms with E-state index in [4.69, 9.17) is 11.6 Å². The lowest BCUT2D eigenvalue weighted by molar-refractivity contribution is 0.628. The number of aromatic nitrogens is 2. The van der Waals surface area contributed by atoms with Crippen molar-refractivity contribution >= 4 is 23.4 Å². The first-order valence-electron chi connectivity index (χ1n) is 7.30. The summed E-state index contributed by atoms with van der Waals surface area (Å²) >= 11 is 8.24. The van der Waals surface area contributed by atoms with Crippen LogP contribution in [0.1, 0.15) is 30.8 Å². The SMILES string of the molecule is CCc1nn(CC)c(CSc2ccc(CNC)cc2)c1Cl. The summed E-state index contributed by atoms with van der Waals surface area (Å²) in [4.78, 5) is 1.26. The van der Waals surface area contributed by atoms with E-state index in [-0.39, 0.29) is 0 Å². The predicted molar refractivity (Wildman–Crippen MR) is 91.1 cm³/mol. The molecule has 0 saturated heterocycles. The van der Waals surface area contributed by atoms with Gasteiger partial charge in [-0.3, -0.25) is 4.68 Å². The molecule has 0 unspecified atom stereocenters. The van der Waals surface area contributed by atoms with E-state index in [0.717, 1.165) is 41.7 Å². The maximum absolute atomic E-state index is 6.44. The second-order valence-corrected chi connectivity index (χ2v) is 6.27. The Bertz CT molecular complexity index is 578. The van der Waals surface area contributed by atoms with Crippen LogP contribution in [0.3, 0.4) is 0 Å². The number of aryl methyl sites for hydroxylation is 2. The standard InChI is InChI=1S/C16H22ClN3S/c1-4-14-16(17)15(20(5-2)19-14)11-21-13-8-6-12(7-9-13)10-18-3/h6-9,18H,4-5,10-11H2,1-3H3. The number of halogens is 1. The van der Waals surface area contributed by atoms with Gasteiger partial charge in [0.2, 0.25) is 0 Å². The molecule has 2 aromatic rings. The van der Waals surface area contributed by atoms with Gasteiger partial charge in [-0.2, -0.15) is 5.10 Å². The van der Waals surface area contributed by atoms with Crippen molar-refractivity contribution in [1.29, 1.82) is 0 Å². The molecular weight excluding hydrogens is 302 g/mol. The summed E-state index contributed by atoms with van der Waals surface area (Å²) in [6.45, 7) is 5.95. The molecule has 1 N–H and O–H groups in total. The van der Waals surface area contributed by atoms with Crippen LogP contribution in [-0.2, 0) is 25.3 Å². The first-order chi connectivity index (χ1) is 10.2. The zero-order valence-electron chi connectivity index (χ0n) is 12.8. The van der Waals surface area contributed by atoms with Crippen LogP contribution in [-0.4, -0.2) is 16.8 Å². The number of hydrogen-bond donors (Lipinski definition) is 1. The fourth-order valence-electron chi connectivity index (χ4n) is 2.21. The van der Waals surface area contributed by atoms with Gasteiger partial charge in [0, 0.05) is 23.7 Å². The molecule has 1 aromatic heterocycles. The average molecular weight is 324 g/mol. The number of hydrogen-bond acceptors (Lipinski definition) is 3. The van der Waals surface area contributed by atoms with Crippen molar-refractivity contribution < 1.29 is 0 Å². The van der Waals surface area contributed by atoms with Crippen LogP contribution in [0.4, 0.5) is 0 Å². The first-order valence-corrected chi connectivity index (χ1v) is 8.66. The molecule has 21 heavy (non-hydrogen) atoms. The van der Waals surface area contributed by atoms with Crippen LogP contribution in [0, 0.1) is 0 Å². The quantitative estimate of drug-likeness (QED) is 0.777. The number of rotatable bonds is 7. The van der Waals surface area contributed by atoms with E-state index in [1.54, 1.807) is 11.8 Å². The first kappa shape index (κ1) is 16.4. The number of nitrogens with zero attached hydrogens (tertiary/aromatic N) is 2. The number of thioether (sulfide) groups is 1. The second kappa shape index (κ2) is 7.87. The monoisotopic (exact) mass is 323 g/mol. The summed E-state index contributed by atoms with van der Waals surface area (Å²) in [5, 5.41) is 8.55. The van der Waals surface area contributed by atoms with Gasteiger partial charge in [-0.15, -0.1) is 11.8 Å². The Balaban J connectivity index is 2.07. The Morgan fingerprint density at radius 2 is 1.95 bits per heavy atom. The van der Waals surface area contributed by atoms with E-state index in [1.165, 1.54) is 10.5 Å². The van der Waals surface area contributed by atoms with Gasteiger partial charge in [0.05, 0.1) is 16.4 Å². The van der Waals surface area contributed by atoms with Gasteiger partial charge in [-0.05, 0) is 38.1 Å². The molecule has 0 aliphatic heterocycles. The van der Waals surface area contributed by atoms with E-state index < -0.39 is 0 Å². The van der Waals surface area contributed by atoms with Crippen molar-refractivity contribution in [3.05, 3.63) is 46.2 Å². The average Bonchev–Trinajstić information content (AvgIpc) is 2.82. The third-order valence-electron chi connectivity index (χ3n) is 3.37. The molecule has 1 aromatic carbocycles. The Morgan fingerprint density at radius 1 is 1.24 bits per heavy atom. The molecule has 0 radical (unpaired) electrons. The van der Waals surface area contributed by atoms with Crippen molar-refractivity contribution in [2.45, 2.75) is 44.0 Å². The number of nitrogens with one attached hydrogen (secondary N) is 1. The molecule has 0 saturated carbocycles. The molecule has 0 aliphatic rings. The summed E-state index contributed by atoms with van der Waals surface area (Å²) in [7, 11) is 1.96. The Hall–Kier alpha value is -0.970. The third kappa shape index (κ3) is 4.02. The highest BCUT2D eigenvalue weighted by Crippen LogP contribution is 2.29. The molecule has 3 nitrogen and oxygen atoms in total. The van der Waals surface area contributed by atoms with Gasteiger partial charge in [0.1, 0.15) is 0 Å². The number of benzene rings is 1. The lowest BCUT2D eigenvalue weighted by Gasteiger charge is -2.06. The van der Waals surface area contributed by atoms with E-state index in [2.05, 4.69) is 48.5 Å². The summed E-state index contributed by atoms with van der Waals surface area (Å²) in [5.41, 5.74) is 3.42. The predicted octanol–water partition coefficient (Wildman–Crippen LogP) is 4.13. The van der Waals surface area contributed by atoms with Crippen molar-refractivity contribution in [3.63, 3.8) is 0 Å². The highest BCUT2D eigenvalue weighted by Gasteiger charge is 2.14. The molecule has 0 amide bonds. The molecule has 114 valence electrons. The lowest BCUT2D eigenvalue weighted by Crippen LogP contribution is -2.04. The lowest BCUT2D eigenvalue weighted by atomic mass is 10.2.